The second-order valence-corrected chi connectivity index (χ2v) is 8.55. The molecular weight excluding hydrogens is 382 g/mol. The van der Waals surface area contributed by atoms with Crippen molar-refractivity contribution in [1.82, 2.24) is 10.5 Å². The third kappa shape index (κ3) is 3.04. The van der Waals surface area contributed by atoms with E-state index in [0.29, 0.717) is 18.1 Å². The molecule has 0 saturated carbocycles. The summed E-state index contributed by atoms with van der Waals surface area (Å²) < 4.78 is 11.3. The van der Waals surface area contributed by atoms with Crippen LogP contribution in [0.4, 0.5) is 5.82 Å². The van der Waals surface area contributed by atoms with E-state index in [4.69, 9.17) is 9.26 Å². The first-order chi connectivity index (χ1) is 14.5. The van der Waals surface area contributed by atoms with Crippen molar-refractivity contribution >= 4 is 17.6 Å². The van der Waals surface area contributed by atoms with Crippen LogP contribution in [0.2, 0.25) is 0 Å². The number of aromatic nitrogens is 1. The molecule has 7 nitrogen and oxygen atoms in total. The molecule has 2 aromatic rings. The van der Waals surface area contributed by atoms with Crippen LogP contribution in [0.3, 0.4) is 0 Å². The summed E-state index contributed by atoms with van der Waals surface area (Å²) >= 11 is 0. The highest BCUT2D eigenvalue weighted by atomic mass is 16.5. The Balaban J connectivity index is 1.28. The molecule has 1 spiro atoms. The molecule has 2 amide bonds. The molecule has 3 aliphatic rings. The number of hydrogen-bond acceptors (Lipinski definition) is 5. The summed E-state index contributed by atoms with van der Waals surface area (Å²) in [5, 5.41) is 7.08. The summed E-state index contributed by atoms with van der Waals surface area (Å²) in [6.07, 6.45) is 5.22. The van der Waals surface area contributed by atoms with Gasteiger partial charge in [0, 0.05) is 12.1 Å². The molecule has 1 N–H and O–H groups in total. The molecule has 0 unspecified atom stereocenters. The number of amides is 2. The monoisotopic (exact) mass is 407 g/mol. The maximum Gasteiger partial charge on any atom is 0.235 e. The predicted octanol–water partition coefficient (Wildman–Crippen LogP) is 2.41. The second-order valence-electron chi connectivity index (χ2n) is 8.55. The molecule has 1 aromatic heterocycles. The average Bonchev–Trinajstić information content (AvgIpc) is 3.48. The molecule has 2 bridgehead atoms. The lowest BCUT2D eigenvalue weighted by Crippen LogP contribution is -2.46. The Labute approximate surface area is 175 Å². The zero-order valence-electron chi connectivity index (χ0n) is 17.1. The highest BCUT2D eigenvalue weighted by Crippen LogP contribution is 2.52. The highest BCUT2D eigenvalue weighted by molar-refractivity contribution is 6.02. The van der Waals surface area contributed by atoms with Gasteiger partial charge in [-0.2, -0.15) is 0 Å². The fourth-order valence-corrected chi connectivity index (χ4v) is 4.91. The molecule has 0 radical (unpaired) electrons. The first kappa shape index (κ1) is 19.1. The van der Waals surface area contributed by atoms with E-state index in [0.717, 1.165) is 12.8 Å². The SMILES string of the molecule is Cc1cc(N2C[C@@]34C=C[C@@H](O3)[C@@H](C(=O)N[C@@H](C)CCc3ccccc3)[C@@H]4C2=O)no1. The minimum atomic E-state index is -0.760. The largest absolute Gasteiger partial charge is 0.360 e. The number of aryl methyl sites for hydroxylation is 2. The van der Waals surface area contributed by atoms with Crippen molar-refractivity contribution in [1.29, 1.82) is 0 Å². The van der Waals surface area contributed by atoms with Crippen LogP contribution in [0.5, 0.6) is 0 Å². The van der Waals surface area contributed by atoms with Crippen molar-refractivity contribution in [2.24, 2.45) is 11.8 Å². The minimum Gasteiger partial charge on any atom is -0.360 e. The normalized spacial score (nSPS) is 30.0. The van der Waals surface area contributed by atoms with E-state index in [1.54, 1.807) is 17.9 Å². The fraction of sp³-hybridized carbons (Fsp3) is 0.435. The Morgan fingerprint density at radius 2 is 2.17 bits per heavy atom. The minimum absolute atomic E-state index is 0.00237. The van der Waals surface area contributed by atoms with E-state index >= 15 is 0 Å². The van der Waals surface area contributed by atoms with E-state index < -0.39 is 17.4 Å². The Morgan fingerprint density at radius 3 is 2.90 bits per heavy atom. The van der Waals surface area contributed by atoms with Gasteiger partial charge in [-0.1, -0.05) is 47.6 Å². The molecular formula is C23H25N3O4. The predicted molar refractivity (Wildman–Crippen MR) is 110 cm³/mol. The summed E-state index contributed by atoms with van der Waals surface area (Å²) in [5.41, 5.74) is 0.484. The lowest BCUT2D eigenvalue weighted by Gasteiger charge is -2.25. The van der Waals surface area contributed by atoms with Crippen LogP contribution < -0.4 is 10.2 Å². The van der Waals surface area contributed by atoms with Crippen LogP contribution in [0.25, 0.3) is 0 Å². The number of hydrogen-bond donors (Lipinski definition) is 1. The van der Waals surface area contributed by atoms with E-state index in [-0.39, 0.29) is 24.0 Å². The fourth-order valence-electron chi connectivity index (χ4n) is 4.91. The van der Waals surface area contributed by atoms with Crippen LogP contribution >= 0.6 is 0 Å². The molecule has 2 saturated heterocycles. The number of anilines is 1. The van der Waals surface area contributed by atoms with Gasteiger partial charge in [0.05, 0.1) is 24.5 Å². The lowest BCUT2D eigenvalue weighted by molar-refractivity contribution is -0.132. The van der Waals surface area contributed by atoms with Gasteiger partial charge in [0.25, 0.3) is 0 Å². The van der Waals surface area contributed by atoms with Crippen LogP contribution in [0.1, 0.15) is 24.7 Å². The smallest absolute Gasteiger partial charge is 0.235 e. The Morgan fingerprint density at radius 1 is 1.37 bits per heavy atom. The number of rotatable bonds is 6. The van der Waals surface area contributed by atoms with Crippen LogP contribution in [0, 0.1) is 18.8 Å². The van der Waals surface area contributed by atoms with Gasteiger partial charge in [-0.25, -0.2) is 0 Å². The number of ether oxygens (including phenoxy) is 1. The van der Waals surface area contributed by atoms with E-state index in [2.05, 4.69) is 22.6 Å². The van der Waals surface area contributed by atoms with Crippen molar-refractivity contribution in [2.75, 3.05) is 11.4 Å². The van der Waals surface area contributed by atoms with Gasteiger partial charge in [-0.05, 0) is 32.3 Å². The van der Waals surface area contributed by atoms with Crippen LogP contribution in [-0.2, 0) is 20.7 Å². The first-order valence-corrected chi connectivity index (χ1v) is 10.4. The Kier molecular flexibility index (Phi) is 4.50. The zero-order valence-corrected chi connectivity index (χ0v) is 17.1. The number of nitrogens with zero attached hydrogens (tertiary/aromatic N) is 2. The number of carbonyl (C=O) groups excluding carboxylic acids is 2. The topological polar surface area (TPSA) is 84.7 Å². The maximum atomic E-state index is 13.2. The Bertz CT molecular complexity index is 1000. The van der Waals surface area contributed by atoms with E-state index in [1.165, 1.54) is 5.56 Å². The number of nitrogens with one attached hydrogen (secondary N) is 1. The Hall–Kier alpha value is -2.93. The zero-order chi connectivity index (χ0) is 20.9. The molecule has 5 rings (SSSR count). The van der Waals surface area contributed by atoms with Gasteiger partial charge in [-0.3, -0.25) is 14.5 Å². The summed E-state index contributed by atoms with van der Waals surface area (Å²) in [6.45, 7) is 4.13. The van der Waals surface area contributed by atoms with Crippen molar-refractivity contribution in [3.05, 3.63) is 59.9 Å². The van der Waals surface area contributed by atoms with Crippen molar-refractivity contribution in [3.8, 4) is 0 Å². The number of fused-ring (bicyclic) bond motifs is 1. The van der Waals surface area contributed by atoms with Gasteiger partial charge in [-0.15, -0.1) is 0 Å². The molecule has 3 aliphatic heterocycles. The summed E-state index contributed by atoms with van der Waals surface area (Å²) in [4.78, 5) is 28.0. The molecule has 2 fully saturated rings. The molecule has 1 aromatic carbocycles. The molecule has 5 atom stereocenters. The van der Waals surface area contributed by atoms with E-state index in [1.807, 2.05) is 37.3 Å². The molecule has 4 heterocycles. The molecule has 156 valence electrons. The summed E-state index contributed by atoms with van der Waals surface area (Å²) in [6, 6.07) is 11.9. The van der Waals surface area contributed by atoms with Gasteiger partial charge in [0.15, 0.2) is 5.82 Å². The first-order valence-electron chi connectivity index (χ1n) is 10.4. The third-order valence-electron chi connectivity index (χ3n) is 6.39. The molecule has 30 heavy (non-hydrogen) atoms. The van der Waals surface area contributed by atoms with Gasteiger partial charge in [0.1, 0.15) is 11.4 Å². The molecule has 0 aliphatic carbocycles. The summed E-state index contributed by atoms with van der Waals surface area (Å²) in [5.74, 6) is -0.215. The number of benzene rings is 1. The van der Waals surface area contributed by atoms with Crippen molar-refractivity contribution in [3.63, 3.8) is 0 Å². The lowest BCUT2D eigenvalue weighted by atomic mass is 9.76. The number of carbonyl (C=O) groups is 2. The third-order valence-corrected chi connectivity index (χ3v) is 6.39. The van der Waals surface area contributed by atoms with E-state index in [9.17, 15) is 9.59 Å². The molecule has 7 heteroatoms. The van der Waals surface area contributed by atoms with Gasteiger partial charge in [0.2, 0.25) is 11.8 Å². The summed E-state index contributed by atoms with van der Waals surface area (Å²) in [7, 11) is 0. The average molecular weight is 407 g/mol. The van der Waals surface area contributed by atoms with Crippen LogP contribution in [0.15, 0.2) is 53.1 Å². The highest BCUT2D eigenvalue weighted by Gasteiger charge is 2.67. The quantitative estimate of drug-likeness (QED) is 0.744. The second kappa shape index (κ2) is 7.09. The maximum absolute atomic E-state index is 13.2. The van der Waals surface area contributed by atoms with Gasteiger partial charge >= 0.3 is 0 Å². The van der Waals surface area contributed by atoms with Gasteiger partial charge < -0.3 is 14.6 Å². The van der Waals surface area contributed by atoms with Crippen molar-refractivity contribution < 1.29 is 18.8 Å². The van der Waals surface area contributed by atoms with Crippen LogP contribution in [-0.4, -0.2) is 41.3 Å². The van der Waals surface area contributed by atoms with Crippen molar-refractivity contribution in [2.45, 2.75) is 44.4 Å². The standard InChI is InChI=1S/C23H25N3O4/c1-14(8-9-16-6-4-3-5-7-16)24-21(27)19-17-10-11-23(29-17)13-26(22(28)20(19)23)18-12-15(2)30-25-18/h3-7,10-12,14,17,19-20H,8-9,13H2,1-2H3,(H,24,27)/t14-,17+,19+,20+,23+/m0/s1.